The number of nitrogens with one attached hydrogen (secondary N) is 1. The zero-order valence-electron chi connectivity index (χ0n) is 10.7. The second-order valence-electron chi connectivity index (χ2n) is 4.56. The third-order valence-electron chi connectivity index (χ3n) is 3.21. The number of aryl methyl sites for hydroxylation is 3. The van der Waals surface area contributed by atoms with E-state index in [2.05, 4.69) is 9.97 Å². The summed E-state index contributed by atoms with van der Waals surface area (Å²) in [6, 6.07) is 1.83. The SMILES string of the molecule is Cc1[nH]c2c(C)c(C#N)c(C(C)(F)F)nc2c1C. The van der Waals surface area contributed by atoms with Gasteiger partial charge in [0, 0.05) is 12.6 Å². The normalized spacial score (nSPS) is 11.8. The summed E-state index contributed by atoms with van der Waals surface area (Å²) in [5, 5.41) is 9.06. The third kappa shape index (κ3) is 1.65. The number of rotatable bonds is 1. The molecule has 0 saturated carbocycles. The van der Waals surface area contributed by atoms with Crippen molar-refractivity contribution in [3.8, 4) is 6.07 Å². The van der Waals surface area contributed by atoms with E-state index < -0.39 is 11.6 Å². The van der Waals surface area contributed by atoms with Gasteiger partial charge in [0.05, 0.1) is 16.6 Å². The highest BCUT2D eigenvalue weighted by molar-refractivity contribution is 5.85. The molecule has 2 rings (SSSR count). The maximum Gasteiger partial charge on any atom is 0.288 e. The van der Waals surface area contributed by atoms with Crippen LogP contribution in [-0.4, -0.2) is 9.97 Å². The fourth-order valence-electron chi connectivity index (χ4n) is 2.04. The Morgan fingerprint density at radius 1 is 1.22 bits per heavy atom. The first-order valence-electron chi connectivity index (χ1n) is 5.55. The Balaban J connectivity index is 2.97. The predicted molar refractivity (Wildman–Crippen MR) is 64.6 cm³/mol. The minimum Gasteiger partial charge on any atom is -0.357 e. The van der Waals surface area contributed by atoms with Crippen LogP contribution in [0.3, 0.4) is 0 Å². The Hall–Kier alpha value is -1.96. The smallest absolute Gasteiger partial charge is 0.288 e. The van der Waals surface area contributed by atoms with Crippen molar-refractivity contribution in [1.82, 2.24) is 9.97 Å². The number of alkyl halides is 2. The van der Waals surface area contributed by atoms with E-state index >= 15 is 0 Å². The topological polar surface area (TPSA) is 52.5 Å². The second kappa shape index (κ2) is 3.77. The Morgan fingerprint density at radius 2 is 1.83 bits per heavy atom. The summed E-state index contributed by atoms with van der Waals surface area (Å²) >= 11 is 0. The van der Waals surface area contributed by atoms with E-state index in [1.807, 2.05) is 19.9 Å². The summed E-state index contributed by atoms with van der Waals surface area (Å²) in [6.07, 6.45) is 0. The minimum absolute atomic E-state index is 0.0451. The van der Waals surface area contributed by atoms with Crippen LogP contribution in [-0.2, 0) is 5.92 Å². The van der Waals surface area contributed by atoms with Crippen molar-refractivity contribution in [2.24, 2.45) is 0 Å². The molecule has 0 radical (unpaired) electrons. The highest BCUT2D eigenvalue weighted by Gasteiger charge is 2.32. The van der Waals surface area contributed by atoms with Gasteiger partial charge in [0.15, 0.2) is 0 Å². The molecule has 5 heteroatoms. The molecule has 0 spiro atoms. The van der Waals surface area contributed by atoms with Gasteiger partial charge in [-0.25, -0.2) is 4.98 Å². The molecule has 2 aromatic heterocycles. The Kier molecular flexibility index (Phi) is 2.62. The fourth-order valence-corrected chi connectivity index (χ4v) is 2.04. The first kappa shape index (κ1) is 12.5. The molecule has 0 unspecified atom stereocenters. The lowest BCUT2D eigenvalue weighted by atomic mass is 10.0. The molecule has 0 saturated heterocycles. The van der Waals surface area contributed by atoms with Crippen LogP contribution in [0.5, 0.6) is 0 Å². The van der Waals surface area contributed by atoms with Gasteiger partial charge in [0.25, 0.3) is 5.92 Å². The number of pyridine rings is 1. The van der Waals surface area contributed by atoms with E-state index in [1.54, 1.807) is 6.92 Å². The molecule has 0 aliphatic rings. The van der Waals surface area contributed by atoms with Crippen molar-refractivity contribution in [2.75, 3.05) is 0 Å². The minimum atomic E-state index is -3.12. The van der Waals surface area contributed by atoms with Gasteiger partial charge in [-0.15, -0.1) is 0 Å². The number of aromatic nitrogens is 2. The predicted octanol–water partition coefficient (Wildman–Crippen LogP) is 3.47. The Bertz CT molecular complexity index is 672. The van der Waals surface area contributed by atoms with Crippen molar-refractivity contribution in [3.63, 3.8) is 0 Å². The Morgan fingerprint density at radius 3 is 2.33 bits per heavy atom. The number of H-pyrrole nitrogens is 1. The van der Waals surface area contributed by atoms with Crippen LogP contribution >= 0.6 is 0 Å². The van der Waals surface area contributed by atoms with Crippen LogP contribution in [0.25, 0.3) is 11.0 Å². The molecule has 0 atom stereocenters. The number of aromatic amines is 1. The van der Waals surface area contributed by atoms with Crippen LogP contribution in [0.4, 0.5) is 8.78 Å². The van der Waals surface area contributed by atoms with E-state index in [9.17, 15) is 8.78 Å². The summed E-state index contributed by atoms with van der Waals surface area (Å²) < 4.78 is 27.0. The third-order valence-corrected chi connectivity index (χ3v) is 3.21. The van der Waals surface area contributed by atoms with Crippen molar-refractivity contribution >= 4 is 11.0 Å². The van der Waals surface area contributed by atoms with Gasteiger partial charge in [-0.2, -0.15) is 14.0 Å². The molecule has 0 aromatic carbocycles. The van der Waals surface area contributed by atoms with Crippen LogP contribution < -0.4 is 0 Å². The quantitative estimate of drug-likeness (QED) is 0.841. The van der Waals surface area contributed by atoms with Crippen molar-refractivity contribution < 1.29 is 8.78 Å². The van der Waals surface area contributed by atoms with E-state index in [0.717, 1.165) is 18.2 Å². The number of nitrogens with zero attached hydrogens (tertiary/aromatic N) is 2. The van der Waals surface area contributed by atoms with Crippen molar-refractivity contribution in [2.45, 2.75) is 33.6 Å². The molecular weight excluding hydrogens is 236 g/mol. The number of halogens is 2. The molecule has 3 nitrogen and oxygen atoms in total. The summed E-state index contributed by atoms with van der Waals surface area (Å²) in [7, 11) is 0. The molecule has 0 aliphatic heterocycles. The first-order chi connectivity index (χ1) is 8.27. The summed E-state index contributed by atoms with van der Waals surface area (Å²) in [5.41, 5.74) is 2.92. The Labute approximate surface area is 103 Å². The van der Waals surface area contributed by atoms with Crippen LogP contribution in [0.1, 0.15) is 35.0 Å². The monoisotopic (exact) mass is 249 g/mol. The van der Waals surface area contributed by atoms with E-state index in [1.165, 1.54) is 0 Å². The lowest BCUT2D eigenvalue weighted by Gasteiger charge is -2.13. The number of hydrogen-bond acceptors (Lipinski definition) is 2. The van der Waals surface area contributed by atoms with E-state index in [-0.39, 0.29) is 5.56 Å². The summed E-state index contributed by atoms with van der Waals surface area (Å²) in [4.78, 5) is 7.08. The number of hydrogen-bond donors (Lipinski definition) is 1. The van der Waals surface area contributed by atoms with E-state index in [0.29, 0.717) is 16.6 Å². The van der Waals surface area contributed by atoms with Gasteiger partial charge in [-0.3, -0.25) is 0 Å². The van der Waals surface area contributed by atoms with Gasteiger partial charge < -0.3 is 4.98 Å². The summed E-state index contributed by atoms with van der Waals surface area (Å²) in [5.74, 6) is -3.12. The average molecular weight is 249 g/mol. The van der Waals surface area contributed by atoms with Gasteiger partial charge >= 0.3 is 0 Å². The van der Waals surface area contributed by atoms with Gasteiger partial charge in [0.1, 0.15) is 11.8 Å². The standard InChI is InChI=1S/C13H13F2N3/c1-6-8(3)17-11-7(2)9(5-16)12(13(4,14)15)18-10(6)11/h17H,1-4H3. The second-order valence-corrected chi connectivity index (χ2v) is 4.56. The number of fused-ring (bicyclic) bond motifs is 1. The molecule has 0 bridgehead atoms. The maximum atomic E-state index is 13.5. The zero-order chi connectivity index (χ0) is 13.7. The zero-order valence-corrected chi connectivity index (χ0v) is 10.7. The first-order valence-corrected chi connectivity index (χ1v) is 5.55. The lowest BCUT2D eigenvalue weighted by molar-refractivity contribution is 0.0127. The van der Waals surface area contributed by atoms with Gasteiger partial charge in [0.2, 0.25) is 0 Å². The molecule has 0 fully saturated rings. The lowest BCUT2D eigenvalue weighted by Crippen LogP contribution is -2.13. The maximum absolute atomic E-state index is 13.5. The number of nitriles is 1. The van der Waals surface area contributed by atoms with Crippen molar-refractivity contribution in [3.05, 3.63) is 28.1 Å². The van der Waals surface area contributed by atoms with Gasteiger partial charge in [-0.1, -0.05) is 0 Å². The molecule has 0 aliphatic carbocycles. The largest absolute Gasteiger partial charge is 0.357 e. The highest BCUT2D eigenvalue weighted by Crippen LogP contribution is 2.34. The van der Waals surface area contributed by atoms with Crippen LogP contribution in [0, 0.1) is 32.1 Å². The molecule has 94 valence electrons. The van der Waals surface area contributed by atoms with Crippen LogP contribution in [0.15, 0.2) is 0 Å². The molecular formula is C13H13F2N3. The average Bonchev–Trinajstić information content (AvgIpc) is 2.55. The van der Waals surface area contributed by atoms with E-state index in [4.69, 9.17) is 5.26 Å². The fraction of sp³-hybridized carbons (Fsp3) is 0.385. The van der Waals surface area contributed by atoms with Crippen molar-refractivity contribution in [1.29, 1.82) is 5.26 Å². The molecule has 18 heavy (non-hydrogen) atoms. The van der Waals surface area contributed by atoms with Gasteiger partial charge in [-0.05, 0) is 31.9 Å². The highest BCUT2D eigenvalue weighted by atomic mass is 19.3. The van der Waals surface area contributed by atoms with Crippen LogP contribution in [0.2, 0.25) is 0 Å². The molecule has 2 aromatic rings. The molecule has 2 heterocycles. The molecule has 1 N–H and O–H groups in total. The summed E-state index contributed by atoms with van der Waals surface area (Å²) in [6.45, 7) is 6.10. The molecule has 0 amide bonds.